The third-order valence-corrected chi connectivity index (χ3v) is 4.49. The third kappa shape index (κ3) is 4.28. The molecule has 3 aromatic rings. The van der Waals surface area contributed by atoms with Crippen molar-refractivity contribution in [2.24, 2.45) is 0 Å². The van der Waals surface area contributed by atoms with Gasteiger partial charge in [-0.3, -0.25) is 4.79 Å². The molecule has 26 heavy (non-hydrogen) atoms. The van der Waals surface area contributed by atoms with Crippen molar-refractivity contribution >= 4 is 50.0 Å². The van der Waals surface area contributed by atoms with Crippen LogP contribution in [0.3, 0.4) is 0 Å². The molecule has 0 radical (unpaired) electrons. The van der Waals surface area contributed by atoms with Crippen molar-refractivity contribution in [3.63, 3.8) is 0 Å². The van der Waals surface area contributed by atoms with Crippen molar-refractivity contribution in [1.82, 2.24) is 4.98 Å². The molecule has 3 N–H and O–H groups in total. The van der Waals surface area contributed by atoms with E-state index in [2.05, 4.69) is 20.9 Å². The molecule has 3 rings (SSSR count). The van der Waals surface area contributed by atoms with E-state index in [1.54, 1.807) is 50.4 Å². The molecule has 1 aromatic heterocycles. The lowest BCUT2D eigenvalue weighted by molar-refractivity contribution is -0.115. The molecule has 0 saturated heterocycles. The highest BCUT2D eigenvalue weighted by atomic mass is 32.1. The van der Waals surface area contributed by atoms with Crippen LogP contribution in [-0.4, -0.2) is 24.0 Å². The molecule has 8 heteroatoms. The summed E-state index contributed by atoms with van der Waals surface area (Å²) in [5.74, 6) is 0.577. The van der Waals surface area contributed by atoms with Crippen LogP contribution in [-0.2, 0) is 4.79 Å². The third-order valence-electron chi connectivity index (χ3n) is 3.54. The summed E-state index contributed by atoms with van der Waals surface area (Å²) >= 11 is 1.39. The van der Waals surface area contributed by atoms with Gasteiger partial charge in [0.25, 0.3) is 0 Å². The number of methoxy groups -OCH3 is 1. The van der Waals surface area contributed by atoms with Gasteiger partial charge in [0.2, 0.25) is 5.91 Å². The van der Waals surface area contributed by atoms with E-state index in [9.17, 15) is 9.59 Å². The van der Waals surface area contributed by atoms with Crippen molar-refractivity contribution in [2.75, 3.05) is 23.1 Å². The number of hydrogen-bond donors (Lipinski definition) is 3. The number of rotatable bonds is 5. The molecule has 0 bridgehead atoms. The maximum atomic E-state index is 12.2. The molecule has 3 amide bonds. The van der Waals surface area contributed by atoms with Gasteiger partial charge in [0, 0.05) is 23.9 Å². The van der Waals surface area contributed by atoms with E-state index in [1.807, 2.05) is 6.07 Å². The Hall–Kier alpha value is -3.13. The molecule has 0 aliphatic heterocycles. The first-order valence-corrected chi connectivity index (χ1v) is 8.81. The summed E-state index contributed by atoms with van der Waals surface area (Å²) < 4.78 is 6.06. The lowest BCUT2D eigenvalue weighted by Gasteiger charge is -2.08. The molecule has 0 aliphatic carbocycles. The van der Waals surface area contributed by atoms with Crippen molar-refractivity contribution in [3.8, 4) is 5.75 Å². The number of thiazole rings is 1. The first-order valence-electron chi connectivity index (χ1n) is 8.00. The molecule has 0 saturated carbocycles. The minimum absolute atomic E-state index is 0.0833. The average molecular weight is 370 g/mol. The Kier molecular flexibility index (Phi) is 5.33. The molecular formula is C18H18N4O3S. The zero-order chi connectivity index (χ0) is 18.5. The molecule has 0 atom stereocenters. The zero-order valence-electron chi connectivity index (χ0n) is 14.3. The van der Waals surface area contributed by atoms with Gasteiger partial charge in [-0.1, -0.05) is 24.3 Å². The van der Waals surface area contributed by atoms with Crippen LogP contribution < -0.4 is 20.7 Å². The first-order chi connectivity index (χ1) is 12.6. The summed E-state index contributed by atoms with van der Waals surface area (Å²) in [4.78, 5) is 28.0. The standard InChI is InChI=1S/C18H18N4O3S/c1-3-16(23)22-18-21-14-10-12(7-8-15(14)26-18)20-17(24)19-11-5-4-6-13(9-11)25-2/h4-10H,3H2,1-2H3,(H2,19,20,24)(H,21,22,23). The van der Waals surface area contributed by atoms with Crippen LogP contribution in [0.15, 0.2) is 42.5 Å². The van der Waals surface area contributed by atoms with Crippen LogP contribution in [0, 0.1) is 0 Å². The van der Waals surface area contributed by atoms with Crippen LogP contribution in [0.2, 0.25) is 0 Å². The molecule has 0 aliphatic rings. The van der Waals surface area contributed by atoms with Crippen molar-refractivity contribution in [2.45, 2.75) is 13.3 Å². The fourth-order valence-corrected chi connectivity index (χ4v) is 3.12. The Morgan fingerprint density at radius 1 is 1.08 bits per heavy atom. The monoisotopic (exact) mass is 370 g/mol. The van der Waals surface area contributed by atoms with Gasteiger partial charge in [0.05, 0.1) is 17.3 Å². The summed E-state index contributed by atoms with van der Waals surface area (Å²) in [5.41, 5.74) is 1.94. The van der Waals surface area contributed by atoms with Gasteiger partial charge in [0.15, 0.2) is 5.13 Å². The van der Waals surface area contributed by atoms with Gasteiger partial charge < -0.3 is 20.7 Å². The van der Waals surface area contributed by atoms with Gasteiger partial charge in [-0.15, -0.1) is 0 Å². The number of nitrogens with zero attached hydrogens (tertiary/aromatic N) is 1. The second kappa shape index (κ2) is 7.83. The van der Waals surface area contributed by atoms with Crippen LogP contribution in [0.25, 0.3) is 10.2 Å². The predicted molar refractivity (Wildman–Crippen MR) is 104 cm³/mol. The van der Waals surface area contributed by atoms with Gasteiger partial charge in [-0.25, -0.2) is 9.78 Å². The maximum absolute atomic E-state index is 12.2. The van der Waals surface area contributed by atoms with E-state index >= 15 is 0 Å². The summed E-state index contributed by atoms with van der Waals surface area (Å²) in [6, 6.07) is 12.1. The highest BCUT2D eigenvalue weighted by Gasteiger charge is 2.09. The number of benzene rings is 2. The smallest absolute Gasteiger partial charge is 0.323 e. The van der Waals surface area contributed by atoms with E-state index in [0.29, 0.717) is 34.2 Å². The van der Waals surface area contributed by atoms with Crippen LogP contribution >= 0.6 is 11.3 Å². The molecule has 134 valence electrons. The van der Waals surface area contributed by atoms with Gasteiger partial charge >= 0.3 is 6.03 Å². The lowest BCUT2D eigenvalue weighted by atomic mass is 10.3. The summed E-state index contributed by atoms with van der Waals surface area (Å²) in [7, 11) is 1.57. The Balaban J connectivity index is 1.69. The molecule has 0 fully saturated rings. The number of amides is 3. The van der Waals surface area contributed by atoms with Crippen molar-refractivity contribution in [1.29, 1.82) is 0 Å². The van der Waals surface area contributed by atoms with E-state index in [0.717, 1.165) is 4.70 Å². The molecule has 1 heterocycles. The number of fused-ring (bicyclic) bond motifs is 1. The van der Waals surface area contributed by atoms with Gasteiger partial charge in [-0.05, 0) is 30.3 Å². The largest absolute Gasteiger partial charge is 0.497 e. The number of hydrogen-bond acceptors (Lipinski definition) is 5. The molecular weight excluding hydrogens is 352 g/mol. The van der Waals surface area contributed by atoms with Crippen molar-refractivity contribution < 1.29 is 14.3 Å². The van der Waals surface area contributed by atoms with Crippen LogP contribution in [0.4, 0.5) is 21.3 Å². The van der Waals surface area contributed by atoms with Gasteiger partial charge in [0.1, 0.15) is 5.75 Å². The predicted octanol–water partition coefficient (Wildman–Crippen LogP) is 4.30. The van der Waals surface area contributed by atoms with Crippen LogP contribution in [0.1, 0.15) is 13.3 Å². The minimum atomic E-state index is -0.368. The number of urea groups is 1. The Morgan fingerprint density at radius 2 is 1.85 bits per heavy atom. The van der Waals surface area contributed by atoms with E-state index in [4.69, 9.17) is 4.74 Å². The van der Waals surface area contributed by atoms with E-state index < -0.39 is 0 Å². The summed E-state index contributed by atoms with van der Waals surface area (Å²) in [6.45, 7) is 1.78. The molecule has 7 nitrogen and oxygen atoms in total. The van der Waals surface area contributed by atoms with E-state index in [-0.39, 0.29) is 11.9 Å². The SMILES string of the molecule is CCC(=O)Nc1nc2cc(NC(=O)Nc3cccc(OC)c3)ccc2s1. The van der Waals surface area contributed by atoms with Gasteiger partial charge in [-0.2, -0.15) is 0 Å². The number of nitrogens with one attached hydrogen (secondary N) is 3. The topological polar surface area (TPSA) is 92.4 Å². The minimum Gasteiger partial charge on any atom is -0.497 e. The molecule has 2 aromatic carbocycles. The normalized spacial score (nSPS) is 10.4. The summed E-state index contributed by atoms with van der Waals surface area (Å²) in [5, 5.41) is 8.80. The van der Waals surface area contributed by atoms with Crippen molar-refractivity contribution in [3.05, 3.63) is 42.5 Å². The highest BCUT2D eigenvalue weighted by Crippen LogP contribution is 2.28. The fourth-order valence-electron chi connectivity index (χ4n) is 2.26. The number of ether oxygens (including phenoxy) is 1. The molecule has 0 unspecified atom stereocenters. The number of carbonyl (C=O) groups excluding carboxylic acids is 2. The number of anilines is 3. The fraction of sp³-hybridized carbons (Fsp3) is 0.167. The quantitative estimate of drug-likeness (QED) is 0.624. The Labute approximate surface area is 154 Å². The second-order valence-corrected chi connectivity index (χ2v) is 6.44. The average Bonchev–Trinajstić information content (AvgIpc) is 3.03. The van der Waals surface area contributed by atoms with Crippen LogP contribution in [0.5, 0.6) is 5.75 Å². The zero-order valence-corrected chi connectivity index (χ0v) is 15.1. The maximum Gasteiger partial charge on any atom is 0.323 e. The number of carbonyl (C=O) groups is 2. The number of aromatic nitrogens is 1. The summed E-state index contributed by atoms with van der Waals surface area (Å²) in [6.07, 6.45) is 0.396. The molecule has 0 spiro atoms. The Morgan fingerprint density at radius 3 is 2.58 bits per heavy atom. The Bertz CT molecular complexity index is 955. The van der Waals surface area contributed by atoms with E-state index in [1.165, 1.54) is 11.3 Å². The highest BCUT2D eigenvalue weighted by molar-refractivity contribution is 7.22. The lowest BCUT2D eigenvalue weighted by Crippen LogP contribution is -2.19. The second-order valence-electron chi connectivity index (χ2n) is 5.41. The first kappa shape index (κ1) is 17.7.